The summed E-state index contributed by atoms with van der Waals surface area (Å²) in [4.78, 5) is 16.3. The van der Waals surface area contributed by atoms with Crippen molar-refractivity contribution in [3.8, 4) is 0 Å². The summed E-state index contributed by atoms with van der Waals surface area (Å²) in [5.74, 6) is 1.02. The zero-order valence-corrected chi connectivity index (χ0v) is 14.1. The van der Waals surface area contributed by atoms with Crippen LogP contribution in [0, 0.1) is 0 Å². The molecule has 0 saturated heterocycles. The molecule has 1 aromatic carbocycles. The quantitative estimate of drug-likeness (QED) is 0.866. The fourth-order valence-corrected chi connectivity index (χ4v) is 2.46. The molecule has 0 spiro atoms. The van der Waals surface area contributed by atoms with Crippen molar-refractivity contribution in [3.63, 3.8) is 0 Å². The first-order valence-electron chi connectivity index (χ1n) is 7.18. The molecule has 23 heavy (non-hydrogen) atoms. The Morgan fingerprint density at radius 1 is 1.26 bits per heavy atom. The van der Waals surface area contributed by atoms with Gasteiger partial charge >= 0.3 is 0 Å². The summed E-state index contributed by atoms with van der Waals surface area (Å²) >= 11 is 0. The van der Waals surface area contributed by atoms with Crippen molar-refractivity contribution < 1.29 is 17.7 Å². The number of hydrogen-bond acceptors (Lipinski definition) is 6. The average molecular weight is 337 g/mol. The maximum Gasteiger partial charge on any atom is 0.227 e. The molecule has 2 rings (SSSR count). The average Bonchev–Trinajstić information content (AvgIpc) is 2.94. The maximum absolute atomic E-state index is 11.9. The predicted octanol–water partition coefficient (Wildman–Crippen LogP) is 2.17. The number of anilines is 1. The molecule has 0 bridgehead atoms. The van der Waals surface area contributed by atoms with Crippen LogP contribution >= 0.6 is 0 Å². The number of rotatable bonds is 6. The predicted molar refractivity (Wildman–Crippen MR) is 84.9 cm³/mol. The summed E-state index contributed by atoms with van der Waals surface area (Å²) in [5, 5.41) is 6.53. The zero-order valence-electron chi connectivity index (χ0n) is 13.2. The second-order valence-corrected chi connectivity index (χ2v) is 7.56. The van der Waals surface area contributed by atoms with Gasteiger partial charge in [0.2, 0.25) is 11.8 Å². The Bertz CT molecular complexity index is 779. The zero-order chi connectivity index (χ0) is 17.0. The topological polar surface area (TPSA) is 102 Å². The van der Waals surface area contributed by atoms with Crippen LogP contribution in [0.25, 0.3) is 0 Å². The number of amides is 1. The summed E-state index contributed by atoms with van der Waals surface area (Å²) in [5.41, 5.74) is 0.538. The number of benzene rings is 1. The molecule has 1 aromatic heterocycles. The van der Waals surface area contributed by atoms with E-state index in [0.29, 0.717) is 23.8 Å². The van der Waals surface area contributed by atoms with E-state index >= 15 is 0 Å². The van der Waals surface area contributed by atoms with Crippen molar-refractivity contribution in [3.05, 3.63) is 36.0 Å². The minimum absolute atomic E-state index is 0.176. The molecule has 124 valence electrons. The van der Waals surface area contributed by atoms with Crippen molar-refractivity contribution in [1.29, 1.82) is 0 Å². The smallest absolute Gasteiger partial charge is 0.227 e. The lowest BCUT2D eigenvalue weighted by molar-refractivity contribution is -0.116. The highest BCUT2D eigenvalue weighted by Crippen LogP contribution is 2.15. The van der Waals surface area contributed by atoms with E-state index in [9.17, 15) is 13.2 Å². The molecule has 1 amide bonds. The van der Waals surface area contributed by atoms with Crippen LogP contribution < -0.4 is 5.32 Å². The molecule has 0 atom stereocenters. The minimum Gasteiger partial charge on any atom is -0.339 e. The number of nitrogens with one attached hydrogen (secondary N) is 1. The summed E-state index contributed by atoms with van der Waals surface area (Å²) in [6, 6.07) is 6.02. The number of hydrogen-bond donors (Lipinski definition) is 1. The minimum atomic E-state index is -3.24. The number of sulfone groups is 1. The Morgan fingerprint density at radius 3 is 2.43 bits per heavy atom. The number of nitrogens with zero attached hydrogens (tertiary/aromatic N) is 2. The highest BCUT2D eigenvalue weighted by atomic mass is 32.2. The first-order valence-corrected chi connectivity index (χ1v) is 9.07. The van der Waals surface area contributed by atoms with Gasteiger partial charge in [0.1, 0.15) is 0 Å². The monoisotopic (exact) mass is 337 g/mol. The summed E-state index contributed by atoms with van der Waals surface area (Å²) in [6.07, 6.45) is 1.69. The van der Waals surface area contributed by atoms with Gasteiger partial charge in [0, 0.05) is 30.7 Å². The van der Waals surface area contributed by atoms with Crippen LogP contribution in [0.1, 0.15) is 37.9 Å². The van der Waals surface area contributed by atoms with Gasteiger partial charge in [0.05, 0.1) is 4.90 Å². The van der Waals surface area contributed by atoms with Gasteiger partial charge in [-0.1, -0.05) is 19.0 Å². The van der Waals surface area contributed by atoms with Crippen LogP contribution in [0.4, 0.5) is 5.69 Å². The molecular weight excluding hydrogens is 318 g/mol. The standard InChI is InChI=1S/C15H19N3O4S/c1-10(2)15-17-14(22-18-15)9-8-13(19)16-11-4-6-12(7-5-11)23(3,20)21/h4-7,10H,8-9H2,1-3H3,(H,16,19). The van der Waals surface area contributed by atoms with Gasteiger partial charge in [-0.05, 0) is 24.3 Å². The SMILES string of the molecule is CC(C)c1noc(CCC(=O)Nc2ccc(S(C)(=O)=O)cc2)n1. The molecule has 0 aliphatic heterocycles. The van der Waals surface area contributed by atoms with Gasteiger partial charge in [0.15, 0.2) is 15.7 Å². The van der Waals surface area contributed by atoms with E-state index in [1.54, 1.807) is 12.1 Å². The molecule has 2 aromatic rings. The molecule has 0 aliphatic rings. The third kappa shape index (κ3) is 4.88. The van der Waals surface area contributed by atoms with Crippen molar-refractivity contribution in [2.45, 2.75) is 37.5 Å². The van der Waals surface area contributed by atoms with Gasteiger partial charge in [-0.25, -0.2) is 8.42 Å². The fourth-order valence-electron chi connectivity index (χ4n) is 1.83. The largest absolute Gasteiger partial charge is 0.339 e. The van der Waals surface area contributed by atoms with Crippen LogP contribution in [0.5, 0.6) is 0 Å². The Hall–Kier alpha value is -2.22. The lowest BCUT2D eigenvalue weighted by Gasteiger charge is -2.05. The Labute approximate surface area is 135 Å². The van der Waals surface area contributed by atoms with E-state index in [1.165, 1.54) is 12.1 Å². The van der Waals surface area contributed by atoms with Crippen molar-refractivity contribution in [1.82, 2.24) is 10.1 Å². The van der Waals surface area contributed by atoms with Crippen LogP contribution in [-0.4, -0.2) is 30.7 Å². The summed E-state index contributed by atoms with van der Waals surface area (Å²) in [6.45, 7) is 3.92. The number of aromatic nitrogens is 2. The molecular formula is C15H19N3O4S. The van der Waals surface area contributed by atoms with E-state index in [0.717, 1.165) is 6.26 Å². The molecule has 0 fully saturated rings. The molecule has 0 aliphatic carbocycles. The molecule has 0 unspecified atom stereocenters. The lowest BCUT2D eigenvalue weighted by Crippen LogP contribution is -2.12. The highest BCUT2D eigenvalue weighted by Gasteiger charge is 2.12. The van der Waals surface area contributed by atoms with Crippen LogP contribution in [0.2, 0.25) is 0 Å². The lowest BCUT2D eigenvalue weighted by atomic mass is 10.2. The number of carbonyl (C=O) groups excluding carboxylic acids is 1. The fraction of sp³-hybridized carbons (Fsp3) is 0.400. The molecule has 1 heterocycles. The van der Waals surface area contributed by atoms with E-state index < -0.39 is 9.84 Å². The van der Waals surface area contributed by atoms with Crippen LogP contribution in [-0.2, 0) is 21.1 Å². The molecule has 1 N–H and O–H groups in total. The van der Waals surface area contributed by atoms with E-state index in [1.807, 2.05) is 13.8 Å². The van der Waals surface area contributed by atoms with Gasteiger partial charge < -0.3 is 9.84 Å². The van der Waals surface area contributed by atoms with Gasteiger partial charge in [-0.15, -0.1) is 0 Å². The highest BCUT2D eigenvalue weighted by molar-refractivity contribution is 7.90. The Morgan fingerprint density at radius 2 is 1.91 bits per heavy atom. The van der Waals surface area contributed by atoms with E-state index in [4.69, 9.17) is 4.52 Å². The van der Waals surface area contributed by atoms with Crippen molar-refractivity contribution in [2.75, 3.05) is 11.6 Å². The Kier molecular flexibility index (Phi) is 5.15. The van der Waals surface area contributed by atoms with E-state index in [2.05, 4.69) is 15.5 Å². The molecule has 0 radical (unpaired) electrons. The van der Waals surface area contributed by atoms with Gasteiger partial charge in [0.25, 0.3) is 0 Å². The van der Waals surface area contributed by atoms with E-state index in [-0.39, 0.29) is 23.1 Å². The van der Waals surface area contributed by atoms with Gasteiger partial charge in [-0.3, -0.25) is 4.79 Å². The van der Waals surface area contributed by atoms with Gasteiger partial charge in [-0.2, -0.15) is 4.98 Å². The van der Waals surface area contributed by atoms with Crippen molar-refractivity contribution in [2.24, 2.45) is 0 Å². The summed E-state index contributed by atoms with van der Waals surface area (Å²) in [7, 11) is -3.24. The molecule has 7 nitrogen and oxygen atoms in total. The number of aryl methyl sites for hydroxylation is 1. The van der Waals surface area contributed by atoms with Crippen LogP contribution in [0.3, 0.4) is 0 Å². The third-order valence-corrected chi connectivity index (χ3v) is 4.26. The third-order valence-electron chi connectivity index (χ3n) is 3.13. The second kappa shape index (κ2) is 6.91. The summed E-state index contributed by atoms with van der Waals surface area (Å²) < 4.78 is 27.8. The first-order chi connectivity index (χ1) is 10.8. The molecule has 0 saturated carbocycles. The first kappa shape index (κ1) is 17.1. The number of carbonyl (C=O) groups is 1. The Balaban J connectivity index is 1.89. The normalized spacial score (nSPS) is 11.7. The van der Waals surface area contributed by atoms with Crippen LogP contribution in [0.15, 0.2) is 33.7 Å². The second-order valence-electron chi connectivity index (χ2n) is 5.55. The maximum atomic E-state index is 11.9. The van der Waals surface area contributed by atoms with Crippen molar-refractivity contribution >= 4 is 21.4 Å². The molecule has 8 heteroatoms.